The number of likely N-dealkylation sites (tertiary alicyclic amines) is 1. The van der Waals surface area contributed by atoms with Crippen LogP contribution in [0.4, 0.5) is 5.69 Å². The number of hydrogen-bond acceptors (Lipinski definition) is 3. The molecule has 1 aromatic rings. The summed E-state index contributed by atoms with van der Waals surface area (Å²) in [6.45, 7) is 0.645. The highest BCUT2D eigenvalue weighted by Crippen LogP contribution is 2.26. The van der Waals surface area contributed by atoms with E-state index in [-0.39, 0.29) is 24.8 Å². The molecule has 1 unspecified atom stereocenters. The number of carboxylic acid groups (broad SMARTS) is 1. The van der Waals surface area contributed by atoms with Gasteiger partial charge in [0.2, 0.25) is 11.8 Å². The third kappa shape index (κ3) is 2.24. The maximum atomic E-state index is 11.8. The minimum absolute atomic E-state index is 0.0275. The zero-order chi connectivity index (χ0) is 14.3. The Morgan fingerprint density at radius 3 is 2.90 bits per heavy atom. The molecule has 3 rings (SSSR count). The predicted octanol–water partition coefficient (Wildman–Crippen LogP) is 0.614. The fourth-order valence-electron chi connectivity index (χ4n) is 2.69. The summed E-state index contributed by atoms with van der Waals surface area (Å²) in [6.07, 6.45) is 0.426. The first-order valence-corrected chi connectivity index (χ1v) is 6.45. The lowest BCUT2D eigenvalue weighted by atomic mass is 10.1. The van der Waals surface area contributed by atoms with Crippen LogP contribution in [0.1, 0.15) is 17.5 Å². The normalized spacial score (nSPS) is 21.0. The molecule has 1 saturated heterocycles. The molecule has 104 valence electrons. The predicted molar refractivity (Wildman–Crippen MR) is 69.9 cm³/mol. The number of carboxylic acids is 1. The second kappa shape index (κ2) is 4.63. The van der Waals surface area contributed by atoms with E-state index in [1.807, 2.05) is 18.2 Å². The molecule has 0 bridgehead atoms. The van der Waals surface area contributed by atoms with Gasteiger partial charge in [-0.25, -0.2) is 0 Å². The van der Waals surface area contributed by atoms with Gasteiger partial charge in [0.05, 0.1) is 12.3 Å². The fraction of sp³-hybridized carbons (Fsp3) is 0.357. The lowest BCUT2D eigenvalue weighted by Crippen LogP contribution is -2.25. The Hall–Kier alpha value is -2.37. The molecule has 1 aromatic carbocycles. The average Bonchev–Trinajstić information content (AvgIpc) is 2.92. The van der Waals surface area contributed by atoms with E-state index in [2.05, 4.69) is 5.32 Å². The van der Waals surface area contributed by atoms with Crippen molar-refractivity contribution >= 4 is 23.5 Å². The van der Waals surface area contributed by atoms with Crippen molar-refractivity contribution in [3.8, 4) is 0 Å². The molecule has 2 heterocycles. The molecule has 0 radical (unpaired) electrons. The minimum Gasteiger partial charge on any atom is -0.481 e. The lowest BCUT2D eigenvalue weighted by molar-refractivity contribution is -0.141. The van der Waals surface area contributed by atoms with Crippen molar-refractivity contribution in [2.45, 2.75) is 19.4 Å². The molecular formula is C14H14N2O4. The second-order valence-corrected chi connectivity index (χ2v) is 5.23. The summed E-state index contributed by atoms with van der Waals surface area (Å²) in [6, 6.07) is 5.57. The summed E-state index contributed by atoms with van der Waals surface area (Å²) in [7, 11) is 0. The topological polar surface area (TPSA) is 86.7 Å². The smallest absolute Gasteiger partial charge is 0.308 e. The van der Waals surface area contributed by atoms with Gasteiger partial charge in [-0.15, -0.1) is 0 Å². The number of benzene rings is 1. The van der Waals surface area contributed by atoms with Gasteiger partial charge in [0, 0.05) is 25.2 Å². The molecule has 1 fully saturated rings. The van der Waals surface area contributed by atoms with Crippen LogP contribution in [0, 0.1) is 5.92 Å². The van der Waals surface area contributed by atoms with Gasteiger partial charge in [-0.05, 0) is 17.2 Å². The fourth-order valence-corrected chi connectivity index (χ4v) is 2.69. The summed E-state index contributed by atoms with van der Waals surface area (Å²) in [5.41, 5.74) is 2.66. The number of amides is 2. The summed E-state index contributed by atoms with van der Waals surface area (Å²) >= 11 is 0. The van der Waals surface area contributed by atoms with Crippen LogP contribution in [0.15, 0.2) is 18.2 Å². The third-order valence-corrected chi connectivity index (χ3v) is 3.73. The van der Waals surface area contributed by atoms with Crippen molar-refractivity contribution in [1.29, 1.82) is 0 Å². The Kier molecular flexibility index (Phi) is 2.93. The molecule has 6 heteroatoms. The number of anilines is 1. The molecule has 20 heavy (non-hydrogen) atoms. The van der Waals surface area contributed by atoms with Crippen LogP contribution in [0.3, 0.4) is 0 Å². The summed E-state index contributed by atoms with van der Waals surface area (Å²) in [5, 5.41) is 11.7. The molecule has 2 aliphatic rings. The SMILES string of the molecule is O=C1Cc2cc(CN3CC(C(=O)O)CC3=O)ccc2N1. The van der Waals surface area contributed by atoms with Gasteiger partial charge in [-0.1, -0.05) is 12.1 Å². The highest BCUT2D eigenvalue weighted by molar-refractivity contribution is 5.99. The number of fused-ring (bicyclic) bond motifs is 1. The van der Waals surface area contributed by atoms with Crippen LogP contribution in [0.5, 0.6) is 0 Å². The van der Waals surface area contributed by atoms with Crippen LogP contribution in [-0.2, 0) is 27.3 Å². The van der Waals surface area contributed by atoms with E-state index < -0.39 is 11.9 Å². The van der Waals surface area contributed by atoms with Crippen LogP contribution >= 0.6 is 0 Å². The number of carbonyl (C=O) groups excluding carboxylic acids is 2. The largest absolute Gasteiger partial charge is 0.481 e. The average molecular weight is 274 g/mol. The Morgan fingerprint density at radius 1 is 1.40 bits per heavy atom. The van der Waals surface area contributed by atoms with Crippen molar-refractivity contribution in [3.63, 3.8) is 0 Å². The molecular weight excluding hydrogens is 260 g/mol. The van der Waals surface area contributed by atoms with Crippen molar-refractivity contribution in [2.75, 3.05) is 11.9 Å². The number of nitrogens with zero attached hydrogens (tertiary/aromatic N) is 1. The number of nitrogens with one attached hydrogen (secondary N) is 1. The first-order valence-electron chi connectivity index (χ1n) is 6.45. The van der Waals surface area contributed by atoms with Gasteiger partial charge in [0.25, 0.3) is 0 Å². The lowest BCUT2D eigenvalue weighted by Gasteiger charge is -2.16. The van der Waals surface area contributed by atoms with Gasteiger partial charge in [0.15, 0.2) is 0 Å². The molecule has 0 saturated carbocycles. The summed E-state index contributed by atoms with van der Waals surface area (Å²) in [5.74, 6) is -1.70. The van der Waals surface area contributed by atoms with E-state index in [1.54, 1.807) is 4.90 Å². The van der Waals surface area contributed by atoms with E-state index in [1.165, 1.54) is 0 Å². The number of aliphatic carboxylic acids is 1. The second-order valence-electron chi connectivity index (χ2n) is 5.23. The molecule has 0 aliphatic carbocycles. The third-order valence-electron chi connectivity index (χ3n) is 3.73. The maximum Gasteiger partial charge on any atom is 0.308 e. The minimum atomic E-state index is -0.926. The van der Waals surface area contributed by atoms with Gasteiger partial charge in [0.1, 0.15) is 0 Å². The highest BCUT2D eigenvalue weighted by Gasteiger charge is 2.34. The monoisotopic (exact) mass is 274 g/mol. The first-order chi connectivity index (χ1) is 9.52. The van der Waals surface area contributed by atoms with Crippen molar-refractivity contribution < 1.29 is 19.5 Å². The Labute approximate surface area is 115 Å². The van der Waals surface area contributed by atoms with Gasteiger partial charge in [-0.3, -0.25) is 14.4 Å². The Balaban J connectivity index is 1.73. The van der Waals surface area contributed by atoms with Crippen LogP contribution in [0.25, 0.3) is 0 Å². The zero-order valence-corrected chi connectivity index (χ0v) is 10.8. The molecule has 0 spiro atoms. The van der Waals surface area contributed by atoms with Crippen LogP contribution in [0.2, 0.25) is 0 Å². The first kappa shape index (κ1) is 12.7. The molecule has 0 aromatic heterocycles. The van der Waals surface area contributed by atoms with Gasteiger partial charge in [-0.2, -0.15) is 0 Å². The van der Waals surface area contributed by atoms with E-state index in [0.29, 0.717) is 13.0 Å². The van der Waals surface area contributed by atoms with E-state index in [0.717, 1.165) is 16.8 Å². The highest BCUT2D eigenvalue weighted by atomic mass is 16.4. The zero-order valence-electron chi connectivity index (χ0n) is 10.8. The number of carbonyl (C=O) groups is 3. The van der Waals surface area contributed by atoms with Crippen molar-refractivity contribution in [1.82, 2.24) is 4.90 Å². The van der Waals surface area contributed by atoms with Crippen LogP contribution in [-0.4, -0.2) is 34.3 Å². The molecule has 2 amide bonds. The number of hydrogen-bond donors (Lipinski definition) is 2. The van der Waals surface area contributed by atoms with Gasteiger partial charge >= 0.3 is 5.97 Å². The van der Waals surface area contributed by atoms with Crippen LogP contribution < -0.4 is 5.32 Å². The van der Waals surface area contributed by atoms with E-state index in [9.17, 15) is 14.4 Å². The van der Waals surface area contributed by atoms with E-state index >= 15 is 0 Å². The van der Waals surface area contributed by atoms with Crippen molar-refractivity contribution in [2.24, 2.45) is 5.92 Å². The quantitative estimate of drug-likeness (QED) is 0.845. The Morgan fingerprint density at radius 2 is 2.20 bits per heavy atom. The summed E-state index contributed by atoms with van der Waals surface area (Å²) < 4.78 is 0. The summed E-state index contributed by atoms with van der Waals surface area (Å²) in [4.78, 5) is 35.5. The molecule has 1 atom stereocenters. The van der Waals surface area contributed by atoms with Gasteiger partial charge < -0.3 is 15.3 Å². The number of rotatable bonds is 3. The maximum absolute atomic E-state index is 11.8. The molecule has 2 aliphatic heterocycles. The molecule has 2 N–H and O–H groups in total. The molecule has 6 nitrogen and oxygen atoms in total. The van der Waals surface area contributed by atoms with E-state index in [4.69, 9.17) is 5.11 Å². The Bertz CT molecular complexity index is 611. The van der Waals surface area contributed by atoms with Crippen molar-refractivity contribution in [3.05, 3.63) is 29.3 Å². The standard InChI is InChI=1S/C14H14N2O4/c17-12-4-9-3-8(1-2-11(9)15-12)6-16-7-10(14(19)20)5-13(16)18/h1-3,10H,4-7H2,(H,15,17)(H,19,20).